The molecule has 0 aromatic heterocycles. The summed E-state index contributed by atoms with van der Waals surface area (Å²) < 4.78 is 0.952. The minimum atomic E-state index is 0.103. The number of likely N-dealkylation sites (N-methyl/N-ethyl adjacent to an activating group) is 1. The molecule has 0 unspecified atom stereocenters. The predicted octanol–water partition coefficient (Wildman–Crippen LogP) is 1.28. The van der Waals surface area contributed by atoms with E-state index in [1.165, 1.54) is 11.3 Å². The molecule has 0 radical (unpaired) electrons. The van der Waals surface area contributed by atoms with Crippen molar-refractivity contribution < 1.29 is 0 Å². The summed E-state index contributed by atoms with van der Waals surface area (Å²) >= 11 is 2.38. The predicted molar refractivity (Wildman–Crippen MR) is 89.3 cm³/mol. The van der Waals surface area contributed by atoms with Gasteiger partial charge in [-0.3, -0.25) is 0 Å². The highest BCUT2D eigenvalue weighted by Gasteiger charge is 2.16. The first kappa shape index (κ1) is 14.4. The molecule has 1 aromatic rings. The standard InChI is InChI=1S/C13H20IN5/c1-18-4-6-19(7-5-18)12-3-2-11(17-13(15)16)8-10(12)9-14/h2-3,8H,4-7,9H2,1H3,(H4,15,16,17). The van der Waals surface area contributed by atoms with E-state index in [1.54, 1.807) is 0 Å². The van der Waals surface area contributed by atoms with Crippen molar-refractivity contribution in [3.05, 3.63) is 23.8 Å². The topological polar surface area (TPSA) is 70.9 Å². The van der Waals surface area contributed by atoms with Gasteiger partial charge in [0.05, 0.1) is 5.69 Å². The summed E-state index contributed by atoms with van der Waals surface area (Å²) in [4.78, 5) is 8.90. The van der Waals surface area contributed by atoms with Crippen molar-refractivity contribution in [3.8, 4) is 0 Å². The molecular formula is C13H20IN5. The zero-order valence-corrected chi connectivity index (χ0v) is 13.3. The van der Waals surface area contributed by atoms with Crippen LogP contribution in [0.2, 0.25) is 0 Å². The Kier molecular flexibility index (Phi) is 4.87. The molecule has 104 valence electrons. The van der Waals surface area contributed by atoms with Crippen molar-refractivity contribution in [1.29, 1.82) is 0 Å². The van der Waals surface area contributed by atoms with Crippen molar-refractivity contribution in [2.75, 3.05) is 38.1 Å². The van der Waals surface area contributed by atoms with Crippen LogP contribution in [-0.2, 0) is 4.43 Å². The lowest BCUT2D eigenvalue weighted by atomic mass is 10.1. The van der Waals surface area contributed by atoms with E-state index >= 15 is 0 Å². The Hall–Kier alpha value is -1.02. The lowest BCUT2D eigenvalue weighted by Gasteiger charge is -2.35. The van der Waals surface area contributed by atoms with Crippen LogP contribution < -0.4 is 16.4 Å². The number of alkyl halides is 1. The maximum absolute atomic E-state index is 5.42. The molecule has 1 fully saturated rings. The van der Waals surface area contributed by atoms with Crippen LogP contribution in [0.1, 0.15) is 5.56 Å². The number of rotatable bonds is 3. The molecule has 0 atom stereocenters. The van der Waals surface area contributed by atoms with Gasteiger partial charge >= 0.3 is 0 Å². The fourth-order valence-electron chi connectivity index (χ4n) is 2.25. The lowest BCUT2D eigenvalue weighted by molar-refractivity contribution is 0.312. The monoisotopic (exact) mass is 373 g/mol. The largest absolute Gasteiger partial charge is 0.370 e. The molecule has 1 aromatic carbocycles. The molecule has 4 N–H and O–H groups in total. The van der Waals surface area contributed by atoms with E-state index in [1.807, 2.05) is 6.07 Å². The van der Waals surface area contributed by atoms with Gasteiger partial charge in [-0.05, 0) is 30.8 Å². The van der Waals surface area contributed by atoms with Gasteiger partial charge < -0.3 is 21.3 Å². The Bertz CT molecular complexity index is 462. The third kappa shape index (κ3) is 3.73. The maximum Gasteiger partial charge on any atom is 0.191 e. The number of nitrogens with two attached hydrogens (primary N) is 2. The smallest absolute Gasteiger partial charge is 0.191 e. The van der Waals surface area contributed by atoms with Crippen LogP contribution in [0.5, 0.6) is 0 Å². The highest BCUT2D eigenvalue weighted by Crippen LogP contribution is 2.28. The summed E-state index contributed by atoms with van der Waals surface area (Å²) in [6, 6.07) is 6.17. The molecule has 1 heterocycles. The average molecular weight is 373 g/mol. The quantitative estimate of drug-likeness (QED) is 0.363. The first-order valence-corrected chi connectivity index (χ1v) is 7.84. The Morgan fingerprint density at radius 2 is 1.95 bits per heavy atom. The second kappa shape index (κ2) is 6.42. The van der Waals surface area contributed by atoms with Gasteiger partial charge in [0.15, 0.2) is 5.96 Å². The van der Waals surface area contributed by atoms with Crippen LogP contribution in [0.3, 0.4) is 0 Å². The van der Waals surface area contributed by atoms with Crippen LogP contribution in [0.15, 0.2) is 23.2 Å². The Labute approximate surface area is 127 Å². The second-order valence-electron chi connectivity index (χ2n) is 4.77. The summed E-state index contributed by atoms with van der Waals surface area (Å²) in [7, 11) is 2.17. The second-order valence-corrected chi connectivity index (χ2v) is 5.54. The van der Waals surface area contributed by atoms with Crippen LogP contribution in [0.25, 0.3) is 0 Å². The van der Waals surface area contributed by atoms with Gasteiger partial charge in [-0.1, -0.05) is 22.6 Å². The van der Waals surface area contributed by atoms with Crippen molar-refractivity contribution in [3.63, 3.8) is 0 Å². The van der Waals surface area contributed by atoms with E-state index in [4.69, 9.17) is 11.5 Å². The summed E-state index contributed by atoms with van der Waals surface area (Å²) in [6.07, 6.45) is 0. The molecule has 1 saturated heterocycles. The Morgan fingerprint density at radius 1 is 1.26 bits per heavy atom. The van der Waals surface area contributed by atoms with Gasteiger partial charge in [-0.2, -0.15) is 0 Å². The van der Waals surface area contributed by atoms with Gasteiger partial charge in [0.1, 0.15) is 0 Å². The maximum atomic E-state index is 5.42. The average Bonchev–Trinajstić information content (AvgIpc) is 2.39. The third-order valence-corrected chi connectivity index (χ3v) is 4.13. The summed E-state index contributed by atoms with van der Waals surface area (Å²) in [6.45, 7) is 4.36. The van der Waals surface area contributed by atoms with Crippen molar-refractivity contribution >= 4 is 39.9 Å². The number of piperazine rings is 1. The highest BCUT2D eigenvalue weighted by atomic mass is 127. The minimum Gasteiger partial charge on any atom is -0.370 e. The molecule has 0 bridgehead atoms. The van der Waals surface area contributed by atoms with E-state index in [9.17, 15) is 0 Å². The fourth-order valence-corrected chi connectivity index (χ4v) is 2.86. The molecule has 0 amide bonds. The number of halogens is 1. The first-order valence-electron chi connectivity index (χ1n) is 6.32. The number of hydrogen-bond acceptors (Lipinski definition) is 3. The van der Waals surface area contributed by atoms with E-state index in [0.29, 0.717) is 0 Å². The zero-order chi connectivity index (χ0) is 13.8. The molecule has 2 rings (SSSR count). The molecule has 19 heavy (non-hydrogen) atoms. The van der Waals surface area contributed by atoms with Gasteiger partial charge in [0.25, 0.3) is 0 Å². The molecule has 1 aliphatic rings. The van der Waals surface area contributed by atoms with Crippen LogP contribution in [0, 0.1) is 0 Å². The first-order chi connectivity index (χ1) is 9.10. The van der Waals surface area contributed by atoms with Crippen molar-refractivity contribution in [2.45, 2.75) is 4.43 Å². The van der Waals surface area contributed by atoms with E-state index in [-0.39, 0.29) is 5.96 Å². The third-order valence-electron chi connectivity index (χ3n) is 3.31. The number of nitrogens with zero attached hydrogens (tertiary/aromatic N) is 3. The lowest BCUT2D eigenvalue weighted by Crippen LogP contribution is -2.44. The summed E-state index contributed by atoms with van der Waals surface area (Å²) in [5.41, 5.74) is 14.3. The number of aliphatic imine (C=N–C) groups is 1. The van der Waals surface area contributed by atoms with E-state index in [2.05, 4.69) is 56.6 Å². The molecule has 5 nitrogen and oxygen atoms in total. The summed E-state index contributed by atoms with van der Waals surface area (Å²) in [5.74, 6) is 0.103. The number of benzene rings is 1. The number of guanidine groups is 1. The molecule has 0 saturated carbocycles. The normalized spacial score (nSPS) is 16.4. The van der Waals surface area contributed by atoms with Crippen LogP contribution in [0.4, 0.5) is 11.4 Å². The number of anilines is 1. The van der Waals surface area contributed by atoms with Gasteiger partial charge in [0, 0.05) is 36.3 Å². The molecule has 1 aliphatic heterocycles. The fraction of sp³-hybridized carbons (Fsp3) is 0.462. The SMILES string of the molecule is CN1CCN(c2ccc(N=C(N)N)cc2CI)CC1. The summed E-state index contributed by atoms with van der Waals surface area (Å²) in [5, 5.41) is 0. The number of hydrogen-bond donors (Lipinski definition) is 2. The van der Waals surface area contributed by atoms with Crippen LogP contribution >= 0.6 is 22.6 Å². The molecule has 0 aliphatic carbocycles. The van der Waals surface area contributed by atoms with Gasteiger partial charge in [0.2, 0.25) is 0 Å². The van der Waals surface area contributed by atoms with Crippen molar-refractivity contribution in [1.82, 2.24) is 4.90 Å². The molecular weight excluding hydrogens is 353 g/mol. The highest BCUT2D eigenvalue weighted by molar-refractivity contribution is 14.1. The Morgan fingerprint density at radius 3 is 2.53 bits per heavy atom. The van der Waals surface area contributed by atoms with Crippen molar-refractivity contribution in [2.24, 2.45) is 16.5 Å². The van der Waals surface area contributed by atoms with Gasteiger partial charge in [-0.15, -0.1) is 0 Å². The Balaban J connectivity index is 2.23. The van der Waals surface area contributed by atoms with E-state index in [0.717, 1.165) is 36.3 Å². The zero-order valence-electron chi connectivity index (χ0n) is 11.1. The molecule has 6 heteroatoms. The van der Waals surface area contributed by atoms with Gasteiger partial charge in [-0.25, -0.2) is 4.99 Å². The minimum absolute atomic E-state index is 0.103. The van der Waals surface area contributed by atoms with Crippen LogP contribution in [-0.4, -0.2) is 44.1 Å². The van der Waals surface area contributed by atoms with E-state index < -0.39 is 0 Å². The molecule has 0 spiro atoms.